The minimum absolute atomic E-state index is 0.0325. The van der Waals surface area contributed by atoms with Crippen molar-refractivity contribution in [1.82, 2.24) is 0 Å². The predicted molar refractivity (Wildman–Crippen MR) is 208 cm³/mol. The van der Waals surface area contributed by atoms with Gasteiger partial charge in [-0.3, -0.25) is 0 Å². The Labute approximate surface area is 301 Å². The summed E-state index contributed by atoms with van der Waals surface area (Å²) in [4.78, 5) is 0. The fraction of sp³-hybridized carbons (Fsp3) is 0. The summed E-state index contributed by atoms with van der Waals surface area (Å²) in [6, 6.07) is 29.1. The van der Waals surface area contributed by atoms with Crippen molar-refractivity contribution in [2.45, 2.75) is 0 Å². The third-order valence-corrected chi connectivity index (χ3v) is 9.00. The van der Waals surface area contributed by atoms with Crippen LogP contribution >= 0.6 is 0 Å². The molecule has 9 aromatic carbocycles. The molecular weight excluding hydrogens is 593 g/mol. The van der Waals surface area contributed by atoms with Gasteiger partial charge in [0.15, 0.2) is 0 Å². The van der Waals surface area contributed by atoms with Crippen molar-refractivity contribution < 1.29 is 20.9 Å². The van der Waals surface area contributed by atoms with Gasteiger partial charge in [-0.05, 0) is 107 Å². The minimum Gasteiger partial charge on any atom is -0.456 e. The smallest absolute Gasteiger partial charge is 0.136 e. The van der Waals surface area contributed by atoms with Gasteiger partial charge in [-0.2, -0.15) is 0 Å². The molecule has 1 nitrogen and oxygen atoms in total. The molecule has 10 rings (SSSR count). The van der Waals surface area contributed by atoms with Crippen molar-refractivity contribution in [2.75, 3.05) is 0 Å². The van der Waals surface area contributed by atoms with E-state index in [0.717, 1.165) is 0 Å². The minimum atomic E-state index is -0.576. The summed E-state index contributed by atoms with van der Waals surface area (Å²) < 4.78 is 116. The Morgan fingerprint density at radius 3 is 1.45 bits per heavy atom. The topological polar surface area (TPSA) is 13.1 Å². The van der Waals surface area contributed by atoms with Gasteiger partial charge in [-0.25, -0.2) is 0 Å². The molecule has 228 valence electrons. The molecule has 0 aliphatic rings. The Morgan fingerprint density at radius 2 is 0.837 bits per heavy atom. The van der Waals surface area contributed by atoms with E-state index in [-0.39, 0.29) is 74.0 Å². The van der Waals surface area contributed by atoms with E-state index in [1.54, 1.807) is 12.1 Å². The highest BCUT2D eigenvalue weighted by molar-refractivity contribution is 6.22. The maximum atomic E-state index is 9.92. The highest BCUT2D eigenvalue weighted by Crippen LogP contribution is 2.46. The first-order valence-electron chi connectivity index (χ1n) is 21.9. The first-order chi connectivity index (χ1) is 29.3. The molecule has 0 saturated heterocycles. The highest BCUT2D eigenvalue weighted by atomic mass is 16.3. The molecular formula is C48H30O. The van der Waals surface area contributed by atoms with Crippen molar-refractivity contribution in [3.8, 4) is 44.5 Å². The Bertz CT molecular complexity index is 3490. The zero-order chi connectivity index (χ0) is 42.8. The van der Waals surface area contributed by atoms with Crippen LogP contribution < -0.4 is 0 Å². The molecule has 1 aromatic heterocycles. The van der Waals surface area contributed by atoms with E-state index < -0.39 is 42.3 Å². The van der Waals surface area contributed by atoms with Crippen LogP contribution in [0.25, 0.3) is 98.8 Å². The van der Waals surface area contributed by atoms with Gasteiger partial charge in [0.05, 0.1) is 16.4 Å². The van der Waals surface area contributed by atoms with Crippen molar-refractivity contribution >= 4 is 54.3 Å². The lowest BCUT2D eigenvalue weighted by Gasteiger charge is -2.19. The molecule has 0 aliphatic heterocycles. The summed E-state index contributed by atoms with van der Waals surface area (Å²) in [7, 11) is 0. The number of fused-ring (bicyclic) bond motifs is 6. The van der Waals surface area contributed by atoms with Crippen LogP contribution in [0.5, 0.6) is 0 Å². The number of furan rings is 1. The van der Waals surface area contributed by atoms with Crippen molar-refractivity contribution in [3.63, 3.8) is 0 Å². The normalized spacial score (nSPS) is 15.1. The molecule has 0 spiro atoms. The van der Waals surface area contributed by atoms with Crippen molar-refractivity contribution in [1.29, 1.82) is 0 Å². The summed E-state index contributed by atoms with van der Waals surface area (Å²) in [5, 5.41) is 1.64. The van der Waals surface area contributed by atoms with E-state index in [1.165, 1.54) is 0 Å². The lowest BCUT2D eigenvalue weighted by molar-refractivity contribution is 0.669. The molecule has 0 saturated carbocycles. The van der Waals surface area contributed by atoms with Crippen LogP contribution in [-0.2, 0) is 0 Å². The molecule has 0 fully saturated rings. The molecule has 0 amide bonds. The molecule has 49 heavy (non-hydrogen) atoms. The zero-order valence-electron chi connectivity index (χ0n) is 37.8. The number of hydrogen-bond donors (Lipinski definition) is 0. The average Bonchev–Trinajstić information content (AvgIpc) is 3.70. The summed E-state index contributed by atoms with van der Waals surface area (Å²) in [5.74, 6) is 0. The van der Waals surface area contributed by atoms with Crippen LogP contribution in [0.2, 0.25) is 0 Å². The van der Waals surface area contributed by atoms with Gasteiger partial charge in [-0.1, -0.05) is 151 Å². The van der Waals surface area contributed by atoms with Gasteiger partial charge < -0.3 is 4.42 Å². The average molecular weight is 635 g/mol. The number of benzene rings is 9. The van der Waals surface area contributed by atoms with E-state index in [4.69, 9.17) is 12.6 Å². The van der Waals surface area contributed by atoms with E-state index in [1.807, 2.05) is 97.1 Å². The molecule has 1 heterocycles. The Kier molecular flexibility index (Phi) is 4.11. The first kappa shape index (κ1) is 18.2. The van der Waals surface area contributed by atoms with Gasteiger partial charge in [0, 0.05) is 10.8 Å². The zero-order valence-corrected chi connectivity index (χ0v) is 25.8. The molecule has 0 radical (unpaired) electrons. The van der Waals surface area contributed by atoms with Gasteiger partial charge in [0.1, 0.15) is 11.2 Å². The van der Waals surface area contributed by atoms with Gasteiger partial charge in [0.25, 0.3) is 0 Å². The molecule has 0 N–H and O–H groups in total. The molecule has 0 aliphatic carbocycles. The Morgan fingerprint density at radius 1 is 0.347 bits per heavy atom. The summed E-state index contributed by atoms with van der Waals surface area (Å²) in [6.07, 6.45) is 0. The quantitative estimate of drug-likeness (QED) is 0.176. The second kappa shape index (κ2) is 11.1. The maximum Gasteiger partial charge on any atom is 0.136 e. The first-order valence-corrected chi connectivity index (χ1v) is 15.9. The van der Waals surface area contributed by atoms with E-state index in [9.17, 15) is 8.22 Å². The SMILES string of the molecule is [2H]c1c([2H])c(-c2ccccc2)c(-c2ccccc2)c([2H])c1-c1c2ccccc2c(-c2c([2H])c([2H])c3c(oc4c([2H])c5c([2H])c([2H])c([2H])c([2H])c5c([2H])c43)c2[2H])c2ccccc12. The molecule has 10 aromatic rings. The van der Waals surface area contributed by atoms with Crippen molar-refractivity contribution in [2.24, 2.45) is 0 Å². The van der Waals surface area contributed by atoms with Crippen molar-refractivity contribution in [3.05, 3.63) is 182 Å². The Balaban J connectivity index is 1.33. The highest BCUT2D eigenvalue weighted by Gasteiger charge is 2.19. The van der Waals surface area contributed by atoms with E-state index in [0.29, 0.717) is 54.9 Å². The van der Waals surface area contributed by atoms with Crippen LogP contribution in [0.4, 0.5) is 0 Å². The monoisotopic (exact) mass is 634 g/mol. The summed E-state index contributed by atoms with van der Waals surface area (Å²) in [6.45, 7) is 0. The molecule has 0 atom stereocenters. The number of rotatable bonds is 4. The predicted octanol–water partition coefficient (Wildman–Crippen LogP) is 13.7. The van der Waals surface area contributed by atoms with Gasteiger partial charge in [0.2, 0.25) is 0 Å². The van der Waals surface area contributed by atoms with E-state index >= 15 is 0 Å². The lowest BCUT2D eigenvalue weighted by atomic mass is 9.84. The molecule has 1 heteroatoms. The summed E-state index contributed by atoms with van der Waals surface area (Å²) >= 11 is 0. The number of hydrogen-bond acceptors (Lipinski definition) is 1. The van der Waals surface area contributed by atoms with Gasteiger partial charge >= 0.3 is 0 Å². The van der Waals surface area contributed by atoms with Gasteiger partial charge in [-0.15, -0.1) is 0 Å². The third-order valence-electron chi connectivity index (χ3n) is 9.00. The standard InChI is InChI=1S/C48H30O/c1-3-13-31(14-4-1)37-25-23-35(28-43(37)32-15-5-2-6-16-32)47-39-19-9-11-21-41(39)48(42-22-12-10-20-40(42)47)36-24-26-38-44-27-33-17-7-8-18-34(33)29-46(44)49-45(38)30-36/h1-30H/i7D,8D,17D,18D,23D,24D,25D,26D,27D,28D,29D,30D. The summed E-state index contributed by atoms with van der Waals surface area (Å²) in [5.41, 5.74) is 3.17. The fourth-order valence-electron chi connectivity index (χ4n) is 6.82. The van der Waals surface area contributed by atoms with Crippen LogP contribution in [-0.4, -0.2) is 0 Å². The second-order valence-electron chi connectivity index (χ2n) is 11.8. The van der Waals surface area contributed by atoms with Crippen LogP contribution in [0.1, 0.15) is 16.4 Å². The molecule has 0 unspecified atom stereocenters. The van der Waals surface area contributed by atoms with Crippen LogP contribution in [0.15, 0.2) is 186 Å². The third kappa shape index (κ3) is 4.47. The maximum absolute atomic E-state index is 9.92. The van der Waals surface area contributed by atoms with Crippen LogP contribution in [0, 0.1) is 0 Å². The lowest BCUT2D eigenvalue weighted by Crippen LogP contribution is -1.92. The van der Waals surface area contributed by atoms with Crippen LogP contribution in [0.3, 0.4) is 0 Å². The van der Waals surface area contributed by atoms with E-state index in [2.05, 4.69) is 0 Å². The Hall–Kier alpha value is -6.44. The fourth-order valence-corrected chi connectivity index (χ4v) is 6.82. The second-order valence-corrected chi connectivity index (χ2v) is 11.8. The largest absolute Gasteiger partial charge is 0.456 e. The molecule has 0 bridgehead atoms.